The summed E-state index contributed by atoms with van der Waals surface area (Å²) in [7, 11) is 0. The SMILES string of the molecule is Cc1sc(CN[C@H](C)C2CCCC2)cc1Br. The molecule has 0 saturated heterocycles. The molecule has 1 N–H and O–H groups in total. The van der Waals surface area contributed by atoms with E-state index in [0.717, 1.165) is 12.5 Å². The molecule has 3 heteroatoms. The topological polar surface area (TPSA) is 12.0 Å². The second kappa shape index (κ2) is 5.65. The molecule has 1 aliphatic carbocycles. The van der Waals surface area contributed by atoms with Crippen LogP contribution in [0, 0.1) is 12.8 Å². The van der Waals surface area contributed by atoms with Crippen molar-refractivity contribution in [1.82, 2.24) is 5.32 Å². The lowest BCUT2D eigenvalue weighted by Crippen LogP contribution is -2.31. The second-order valence-electron chi connectivity index (χ2n) is 4.83. The number of nitrogens with one attached hydrogen (secondary N) is 1. The summed E-state index contributed by atoms with van der Waals surface area (Å²) in [5, 5.41) is 3.67. The van der Waals surface area contributed by atoms with Crippen LogP contribution in [-0.4, -0.2) is 6.04 Å². The van der Waals surface area contributed by atoms with Crippen molar-refractivity contribution in [2.24, 2.45) is 5.92 Å². The van der Waals surface area contributed by atoms with E-state index >= 15 is 0 Å². The first-order valence-electron chi connectivity index (χ1n) is 6.15. The van der Waals surface area contributed by atoms with Gasteiger partial charge in [0.15, 0.2) is 0 Å². The van der Waals surface area contributed by atoms with Crippen LogP contribution in [0.2, 0.25) is 0 Å². The van der Waals surface area contributed by atoms with Gasteiger partial charge >= 0.3 is 0 Å². The van der Waals surface area contributed by atoms with E-state index in [4.69, 9.17) is 0 Å². The summed E-state index contributed by atoms with van der Waals surface area (Å²) < 4.78 is 1.25. The summed E-state index contributed by atoms with van der Waals surface area (Å²) in [6.45, 7) is 5.53. The lowest BCUT2D eigenvalue weighted by molar-refractivity contribution is 0.381. The van der Waals surface area contributed by atoms with Gasteiger partial charge in [-0.3, -0.25) is 0 Å². The molecule has 1 aliphatic rings. The van der Waals surface area contributed by atoms with Crippen molar-refractivity contribution in [2.45, 2.75) is 52.1 Å². The van der Waals surface area contributed by atoms with Gasteiger partial charge in [0, 0.05) is 26.8 Å². The molecule has 1 aromatic rings. The highest BCUT2D eigenvalue weighted by molar-refractivity contribution is 9.10. The number of halogens is 1. The number of hydrogen-bond donors (Lipinski definition) is 1. The highest BCUT2D eigenvalue weighted by Gasteiger charge is 2.20. The quantitative estimate of drug-likeness (QED) is 0.864. The molecule has 1 aromatic heterocycles. The fraction of sp³-hybridized carbons (Fsp3) is 0.692. The second-order valence-corrected chi connectivity index (χ2v) is 7.03. The van der Waals surface area contributed by atoms with Gasteiger partial charge in [0.1, 0.15) is 0 Å². The predicted octanol–water partition coefficient (Wildman–Crippen LogP) is 4.49. The van der Waals surface area contributed by atoms with Crippen LogP contribution in [0.15, 0.2) is 10.5 Å². The average Bonchev–Trinajstić information content (AvgIpc) is 2.86. The van der Waals surface area contributed by atoms with E-state index in [1.54, 1.807) is 0 Å². The van der Waals surface area contributed by atoms with Crippen LogP contribution in [-0.2, 0) is 6.54 Å². The van der Waals surface area contributed by atoms with Crippen LogP contribution in [0.5, 0.6) is 0 Å². The smallest absolute Gasteiger partial charge is 0.0314 e. The van der Waals surface area contributed by atoms with Gasteiger partial charge in [-0.15, -0.1) is 11.3 Å². The van der Waals surface area contributed by atoms with E-state index in [1.807, 2.05) is 11.3 Å². The first kappa shape index (κ1) is 12.6. The molecule has 0 aromatic carbocycles. The Hall–Kier alpha value is 0.140. The molecule has 0 radical (unpaired) electrons. The first-order chi connectivity index (χ1) is 7.66. The van der Waals surface area contributed by atoms with Gasteiger partial charge in [0.2, 0.25) is 0 Å². The van der Waals surface area contributed by atoms with Gasteiger partial charge in [-0.1, -0.05) is 12.8 Å². The normalized spacial score (nSPS) is 19.2. The van der Waals surface area contributed by atoms with Gasteiger partial charge in [0.05, 0.1) is 0 Å². The monoisotopic (exact) mass is 301 g/mol. The van der Waals surface area contributed by atoms with Gasteiger partial charge in [-0.05, 0) is 54.6 Å². The molecule has 1 atom stereocenters. The van der Waals surface area contributed by atoms with Crippen LogP contribution in [0.25, 0.3) is 0 Å². The van der Waals surface area contributed by atoms with E-state index in [0.29, 0.717) is 6.04 Å². The molecule has 0 bridgehead atoms. The summed E-state index contributed by atoms with van der Waals surface area (Å²) >= 11 is 5.46. The number of rotatable bonds is 4. The van der Waals surface area contributed by atoms with Gasteiger partial charge < -0.3 is 5.32 Å². The predicted molar refractivity (Wildman–Crippen MR) is 75.0 cm³/mol. The fourth-order valence-electron chi connectivity index (χ4n) is 2.49. The number of thiophene rings is 1. The van der Waals surface area contributed by atoms with Crippen molar-refractivity contribution in [3.63, 3.8) is 0 Å². The minimum Gasteiger partial charge on any atom is -0.309 e. The van der Waals surface area contributed by atoms with E-state index in [2.05, 4.69) is 41.2 Å². The average molecular weight is 302 g/mol. The van der Waals surface area contributed by atoms with Crippen molar-refractivity contribution in [1.29, 1.82) is 0 Å². The maximum absolute atomic E-state index is 3.67. The molecule has 90 valence electrons. The van der Waals surface area contributed by atoms with Crippen LogP contribution >= 0.6 is 27.3 Å². The Morgan fingerprint density at radius 1 is 1.50 bits per heavy atom. The molecule has 1 fully saturated rings. The Kier molecular flexibility index (Phi) is 4.45. The van der Waals surface area contributed by atoms with E-state index < -0.39 is 0 Å². The zero-order valence-corrected chi connectivity index (χ0v) is 12.5. The molecule has 1 nitrogen and oxygen atoms in total. The largest absolute Gasteiger partial charge is 0.309 e. The molecule has 0 unspecified atom stereocenters. The highest BCUT2D eigenvalue weighted by atomic mass is 79.9. The van der Waals surface area contributed by atoms with Gasteiger partial charge in [0.25, 0.3) is 0 Å². The summed E-state index contributed by atoms with van der Waals surface area (Å²) in [4.78, 5) is 2.82. The lowest BCUT2D eigenvalue weighted by Gasteiger charge is -2.19. The standard InChI is InChI=1S/C13H20BrNS/c1-9(11-5-3-4-6-11)15-8-12-7-13(14)10(2)16-12/h7,9,11,15H,3-6,8H2,1-2H3/t9-/m1/s1. The third-order valence-electron chi connectivity index (χ3n) is 3.61. The zero-order valence-electron chi connectivity index (χ0n) is 10.1. The molecular weight excluding hydrogens is 282 g/mol. The first-order valence-corrected chi connectivity index (χ1v) is 7.76. The summed E-state index contributed by atoms with van der Waals surface area (Å²) in [6, 6.07) is 2.91. The molecule has 16 heavy (non-hydrogen) atoms. The fourth-order valence-corrected chi connectivity index (χ4v) is 4.04. The van der Waals surface area contributed by atoms with Crippen molar-refractivity contribution < 1.29 is 0 Å². The van der Waals surface area contributed by atoms with Crippen LogP contribution in [0.1, 0.15) is 42.4 Å². The van der Waals surface area contributed by atoms with Crippen LogP contribution in [0.4, 0.5) is 0 Å². The van der Waals surface area contributed by atoms with Gasteiger partial charge in [-0.25, -0.2) is 0 Å². The summed E-state index contributed by atoms with van der Waals surface area (Å²) in [5.74, 6) is 0.907. The minimum atomic E-state index is 0.670. The number of aryl methyl sites for hydroxylation is 1. The Bertz CT molecular complexity index is 322. The van der Waals surface area contributed by atoms with Crippen molar-refractivity contribution in [3.8, 4) is 0 Å². The zero-order chi connectivity index (χ0) is 11.5. The van der Waals surface area contributed by atoms with Crippen molar-refractivity contribution in [2.75, 3.05) is 0 Å². The Balaban J connectivity index is 1.82. The van der Waals surface area contributed by atoms with E-state index in [9.17, 15) is 0 Å². The summed E-state index contributed by atoms with van der Waals surface area (Å²) in [6.07, 6.45) is 5.70. The van der Waals surface area contributed by atoms with E-state index in [1.165, 1.54) is 39.9 Å². The minimum absolute atomic E-state index is 0.670. The van der Waals surface area contributed by atoms with Crippen LogP contribution < -0.4 is 5.32 Å². The summed E-state index contributed by atoms with van der Waals surface area (Å²) in [5.41, 5.74) is 0. The third kappa shape index (κ3) is 3.08. The highest BCUT2D eigenvalue weighted by Crippen LogP contribution is 2.29. The van der Waals surface area contributed by atoms with Gasteiger partial charge in [-0.2, -0.15) is 0 Å². The molecule has 0 amide bonds. The Morgan fingerprint density at radius 2 is 2.19 bits per heavy atom. The Morgan fingerprint density at radius 3 is 2.75 bits per heavy atom. The van der Waals surface area contributed by atoms with Crippen LogP contribution in [0.3, 0.4) is 0 Å². The third-order valence-corrected chi connectivity index (χ3v) is 5.75. The van der Waals surface area contributed by atoms with Crippen molar-refractivity contribution in [3.05, 3.63) is 20.3 Å². The lowest BCUT2D eigenvalue weighted by atomic mass is 10.00. The molecular formula is C13H20BrNS. The molecule has 0 aliphatic heterocycles. The molecule has 1 saturated carbocycles. The van der Waals surface area contributed by atoms with Crippen molar-refractivity contribution >= 4 is 27.3 Å². The molecule has 0 spiro atoms. The maximum atomic E-state index is 3.67. The van der Waals surface area contributed by atoms with E-state index in [-0.39, 0.29) is 0 Å². The molecule has 1 heterocycles. The Labute approximate surface area is 111 Å². The molecule has 2 rings (SSSR count). The maximum Gasteiger partial charge on any atom is 0.0314 e. The number of hydrogen-bond acceptors (Lipinski definition) is 2.